The SMILES string of the molecule is COC(=O)C12C=C(c3ccccc3)OC(c3ccccc3)=C1CC(C(=O)c1ccccc1)(C(=O)c1ccccc1)C2. The number of esters is 1. The molecule has 41 heavy (non-hydrogen) atoms. The van der Waals surface area contributed by atoms with E-state index in [9.17, 15) is 14.4 Å². The van der Waals surface area contributed by atoms with E-state index >= 15 is 0 Å². The zero-order valence-electron chi connectivity index (χ0n) is 22.6. The molecule has 0 N–H and O–H groups in total. The molecule has 0 radical (unpaired) electrons. The third kappa shape index (κ3) is 4.40. The van der Waals surface area contributed by atoms with Gasteiger partial charge in [0.15, 0.2) is 11.6 Å². The predicted octanol–water partition coefficient (Wildman–Crippen LogP) is 7.17. The monoisotopic (exact) mass is 540 g/mol. The molecular formula is C36H28O5. The Labute approximate surface area is 238 Å². The van der Waals surface area contributed by atoms with Crippen molar-refractivity contribution < 1.29 is 23.9 Å². The first-order chi connectivity index (χ1) is 20.0. The number of ketones is 2. The molecule has 0 amide bonds. The summed E-state index contributed by atoms with van der Waals surface area (Å²) in [7, 11) is 1.33. The lowest BCUT2D eigenvalue weighted by Crippen LogP contribution is -2.40. The molecule has 5 heteroatoms. The van der Waals surface area contributed by atoms with Gasteiger partial charge in [-0.3, -0.25) is 14.4 Å². The van der Waals surface area contributed by atoms with Gasteiger partial charge < -0.3 is 9.47 Å². The number of hydrogen-bond donors (Lipinski definition) is 0. The maximum atomic E-state index is 14.5. The highest BCUT2D eigenvalue weighted by atomic mass is 16.5. The van der Waals surface area contributed by atoms with Gasteiger partial charge in [0.05, 0.1) is 7.11 Å². The third-order valence-corrected chi connectivity index (χ3v) is 8.05. The minimum absolute atomic E-state index is 0.00630. The van der Waals surface area contributed by atoms with Crippen LogP contribution < -0.4 is 0 Å². The maximum Gasteiger partial charge on any atom is 0.320 e. The van der Waals surface area contributed by atoms with Gasteiger partial charge in [0.1, 0.15) is 22.3 Å². The van der Waals surface area contributed by atoms with Gasteiger partial charge >= 0.3 is 5.97 Å². The van der Waals surface area contributed by atoms with E-state index in [4.69, 9.17) is 9.47 Å². The topological polar surface area (TPSA) is 69.7 Å². The Morgan fingerprint density at radius 3 is 1.61 bits per heavy atom. The summed E-state index contributed by atoms with van der Waals surface area (Å²) >= 11 is 0. The Kier molecular flexibility index (Phi) is 6.72. The van der Waals surface area contributed by atoms with Crippen LogP contribution in [0.5, 0.6) is 0 Å². The average Bonchev–Trinajstić information content (AvgIpc) is 3.42. The standard InChI is InChI=1S/C36H28O5/c1-40-34(39)35-23-30(25-14-6-2-7-15-25)41-31(26-16-8-3-9-17-26)29(35)22-36(24-35,32(37)27-18-10-4-11-19-27)33(38)28-20-12-5-13-21-28/h2-21,23H,22,24H2,1H3. The molecule has 1 atom stereocenters. The number of benzene rings is 4. The number of carbonyl (C=O) groups excluding carboxylic acids is 3. The molecule has 1 aliphatic heterocycles. The molecule has 1 saturated carbocycles. The van der Waals surface area contributed by atoms with Crippen LogP contribution in [-0.2, 0) is 14.3 Å². The summed E-state index contributed by atoms with van der Waals surface area (Å²) in [5, 5.41) is 0. The van der Waals surface area contributed by atoms with Crippen molar-refractivity contribution >= 4 is 29.1 Å². The lowest BCUT2D eigenvalue weighted by Gasteiger charge is -2.33. The molecule has 4 aromatic rings. The number of fused-ring (bicyclic) bond motifs is 1. The lowest BCUT2D eigenvalue weighted by molar-refractivity contribution is -0.148. The van der Waals surface area contributed by atoms with Gasteiger partial charge in [-0.05, 0) is 24.5 Å². The predicted molar refractivity (Wildman–Crippen MR) is 157 cm³/mol. The Hall–Kier alpha value is -5.03. The van der Waals surface area contributed by atoms with Crippen LogP contribution in [0.25, 0.3) is 11.5 Å². The molecule has 202 valence electrons. The van der Waals surface area contributed by atoms with Crippen molar-refractivity contribution in [1.29, 1.82) is 0 Å². The fourth-order valence-electron chi connectivity index (χ4n) is 6.11. The second-order valence-electron chi connectivity index (χ2n) is 10.4. The van der Waals surface area contributed by atoms with E-state index in [1.165, 1.54) is 7.11 Å². The zero-order valence-corrected chi connectivity index (χ0v) is 22.6. The second kappa shape index (κ2) is 10.5. The molecule has 2 aliphatic rings. The van der Waals surface area contributed by atoms with Crippen molar-refractivity contribution in [3.63, 3.8) is 0 Å². The van der Waals surface area contributed by atoms with Crippen molar-refractivity contribution in [2.24, 2.45) is 10.8 Å². The van der Waals surface area contributed by atoms with Crippen molar-refractivity contribution in [3.05, 3.63) is 155 Å². The van der Waals surface area contributed by atoms with Gasteiger partial charge in [0.2, 0.25) is 0 Å². The number of hydrogen-bond acceptors (Lipinski definition) is 5. The van der Waals surface area contributed by atoms with E-state index in [2.05, 4.69) is 0 Å². The van der Waals surface area contributed by atoms with Crippen molar-refractivity contribution in [2.75, 3.05) is 7.11 Å². The largest absolute Gasteiger partial charge is 0.468 e. The molecule has 0 bridgehead atoms. The van der Waals surface area contributed by atoms with Gasteiger partial charge in [0.25, 0.3) is 0 Å². The van der Waals surface area contributed by atoms with Crippen LogP contribution in [0.2, 0.25) is 0 Å². The van der Waals surface area contributed by atoms with E-state index in [0.29, 0.717) is 28.2 Å². The minimum Gasteiger partial charge on any atom is -0.468 e. The van der Waals surface area contributed by atoms with Gasteiger partial charge in [-0.2, -0.15) is 0 Å². The molecule has 6 rings (SSSR count). The summed E-state index contributed by atoms with van der Waals surface area (Å²) < 4.78 is 12.0. The number of rotatable bonds is 7. The molecule has 0 saturated heterocycles. The molecule has 1 fully saturated rings. The van der Waals surface area contributed by atoms with E-state index < -0.39 is 16.8 Å². The van der Waals surface area contributed by atoms with Crippen molar-refractivity contribution in [1.82, 2.24) is 0 Å². The second-order valence-corrected chi connectivity index (χ2v) is 10.4. The van der Waals surface area contributed by atoms with E-state index in [-0.39, 0.29) is 24.4 Å². The van der Waals surface area contributed by atoms with Crippen LogP contribution in [0, 0.1) is 10.8 Å². The van der Waals surface area contributed by atoms with Crippen LogP contribution in [0.15, 0.2) is 133 Å². The first-order valence-electron chi connectivity index (χ1n) is 13.5. The first kappa shape index (κ1) is 26.2. The van der Waals surface area contributed by atoms with Gasteiger partial charge in [-0.1, -0.05) is 121 Å². The molecular weight excluding hydrogens is 512 g/mol. The van der Waals surface area contributed by atoms with Gasteiger partial charge in [0, 0.05) is 22.3 Å². The highest BCUT2D eigenvalue weighted by Gasteiger charge is 2.64. The van der Waals surface area contributed by atoms with Gasteiger partial charge in [-0.25, -0.2) is 0 Å². The number of ether oxygens (including phenoxy) is 2. The molecule has 1 unspecified atom stereocenters. The fourth-order valence-corrected chi connectivity index (χ4v) is 6.11. The molecule has 4 aromatic carbocycles. The average molecular weight is 541 g/mol. The Morgan fingerprint density at radius 1 is 0.659 bits per heavy atom. The highest BCUT2D eigenvalue weighted by molar-refractivity contribution is 6.21. The molecule has 5 nitrogen and oxygen atoms in total. The summed E-state index contributed by atoms with van der Waals surface area (Å²) in [6, 6.07) is 36.6. The third-order valence-electron chi connectivity index (χ3n) is 8.05. The smallest absolute Gasteiger partial charge is 0.320 e. The number of Topliss-reactive ketones (excluding diaryl/α,β-unsaturated/α-hetero) is 2. The molecule has 1 aliphatic carbocycles. The van der Waals surface area contributed by atoms with Crippen LogP contribution >= 0.6 is 0 Å². The normalized spacial score (nSPS) is 19.0. The van der Waals surface area contributed by atoms with Crippen LogP contribution in [-0.4, -0.2) is 24.6 Å². The van der Waals surface area contributed by atoms with Crippen LogP contribution in [0.1, 0.15) is 44.7 Å². The Bertz CT molecular complexity index is 1620. The lowest BCUT2D eigenvalue weighted by atomic mass is 9.70. The number of methoxy groups -OCH3 is 1. The summed E-state index contributed by atoms with van der Waals surface area (Å²) in [4.78, 5) is 43.0. The quantitative estimate of drug-likeness (QED) is 0.141. The summed E-state index contributed by atoms with van der Waals surface area (Å²) in [5.74, 6) is -0.283. The fraction of sp³-hybridized carbons (Fsp3) is 0.139. The van der Waals surface area contributed by atoms with Crippen LogP contribution in [0.3, 0.4) is 0 Å². The zero-order chi connectivity index (χ0) is 28.5. The highest BCUT2D eigenvalue weighted by Crippen LogP contribution is 2.61. The van der Waals surface area contributed by atoms with Gasteiger partial charge in [-0.15, -0.1) is 0 Å². The number of carbonyl (C=O) groups is 3. The maximum absolute atomic E-state index is 14.5. The first-order valence-corrected chi connectivity index (χ1v) is 13.5. The minimum atomic E-state index is -1.57. The molecule has 0 spiro atoms. The van der Waals surface area contributed by atoms with E-state index in [0.717, 1.165) is 11.1 Å². The molecule has 1 heterocycles. The summed E-state index contributed by atoms with van der Waals surface area (Å²) in [6.45, 7) is 0. The molecule has 0 aromatic heterocycles. The summed E-state index contributed by atoms with van der Waals surface area (Å²) in [6.07, 6.45) is 1.67. The van der Waals surface area contributed by atoms with Crippen molar-refractivity contribution in [2.45, 2.75) is 12.8 Å². The van der Waals surface area contributed by atoms with E-state index in [1.807, 2.05) is 72.8 Å². The van der Waals surface area contributed by atoms with E-state index in [1.54, 1.807) is 54.6 Å². The van der Waals surface area contributed by atoms with Crippen molar-refractivity contribution in [3.8, 4) is 0 Å². The Balaban J connectivity index is 1.64. The summed E-state index contributed by atoms with van der Waals surface area (Å²) in [5.41, 5.74) is -0.0898. The van der Waals surface area contributed by atoms with Crippen LogP contribution in [0.4, 0.5) is 0 Å². The Morgan fingerprint density at radius 2 is 1.12 bits per heavy atom.